The van der Waals surface area contributed by atoms with E-state index in [4.69, 9.17) is 42.1 Å². The second-order valence-electron chi connectivity index (χ2n) is 11.5. The summed E-state index contributed by atoms with van der Waals surface area (Å²) in [5, 5.41) is 4.72. The Labute approximate surface area is 260 Å². The molecule has 2 aromatic carbocycles. The lowest BCUT2D eigenvalue weighted by Gasteiger charge is -2.33. The van der Waals surface area contributed by atoms with Gasteiger partial charge in [0.1, 0.15) is 17.4 Å². The van der Waals surface area contributed by atoms with E-state index in [1.54, 1.807) is 43.1 Å². The number of fused-ring (bicyclic) bond motifs is 1. The third-order valence-electron chi connectivity index (χ3n) is 7.60. The first-order chi connectivity index (χ1) is 20.1. The second kappa shape index (κ2) is 12.9. The first-order valence-electron chi connectivity index (χ1n) is 13.9. The number of amides is 1. The normalized spacial score (nSPS) is 15.0. The maximum absolute atomic E-state index is 13.5. The number of hydrogen-bond donors (Lipinski definition) is 1. The largest absolute Gasteiger partial charge is 0.493 e. The van der Waals surface area contributed by atoms with Crippen LogP contribution in [0.5, 0.6) is 11.5 Å². The van der Waals surface area contributed by atoms with Crippen LogP contribution in [0.25, 0.3) is 0 Å². The first-order valence-corrected chi connectivity index (χ1v) is 15.4. The molecule has 0 unspecified atom stereocenters. The van der Waals surface area contributed by atoms with Crippen molar-refractivity contribution in [3.8, 4) is 11.5 Å². The molecular formula is C33H34Cl2N2O4S. The molecule has 0 fully saturated rings. The Morgan fingerprint density at radius 3 is 2.69 bits per heavy atom. The van der Waals surface area contributed by atoms with E-state index in [2.05, 4.69) is 26.1 Å². The monoisotopic (exact) mass is 624 g/mol. The van der Waals surface area contributed by atoms with E-state index in [9.17, 15) is 4.79 Å². The van der Waals surface area contributed by atoms with E-state index >= 15 is 0 Å². The van der Waals surface area contributed by atoms with Crippen LogP contribution in [0, 0.1) is 11.3 Å². The number of rotatable bonds is 9. The van der Waals surface area contributed by atoms with Gasteiger partial charge in [0.2, 0.25) is 0 Å². The average Bonchev–Trinajstić information content (AvgIpc) is 3.62. The van der Waals surface area contributed by atoms with Gasteiger partial charge in [0.05, 0.1) is 35.5 Å². The van der Waals surface area contributed by atoms with Crippen LogP contribution in [-0.2, 0) is 26.0 Å². The lowest BCUT2D eigenvalue weighted by molar-refractivity contribution is 0.0947. The SMILES string of the molecule is COc1cc(C=Nc2sc3c(c2C(=O)NCc2ccco2)CC[C@H](C(C)(C)C)C3)ccc1OCc1ccc(Cl)c(Cl)c1. The van der Waals surface area contributed by atoms with Crippen molar-refractivity contribution in [2.75, 3.05) is 7.11 Å². The highest BCUT2D eigenvalue weighted by molar-refractivity contribution is 7.16. The van der Waals surface area contributed by atoms with Crippen LogP contribution in [-0.4, -0.2) is 19.2 Å². The topological polar surface area (TPSA) is 73.1 Å². The smallest absolute Gasteiger partial charge is 0.255 e. The molecule has 1 amide bonds. The summed E-state index contributed by atoms with van der Waals surface area (Å²) in [4.78, 5) is 19.6. The van der Waals surface area contributed by atoms with Crippen molar-refractivity contribution in [3.63, 3.8) is 0 Å². The Hall–Kier alpha value is -3.26. The first kappa shape index (κ1) is 30.2. The Balaban J connectivity index is 1.38. The molecule has 5 rings (SSSR count). The van der Waals surface area contributed by atoms with Gasteiger partial charge in [0.15, 0.2) is 11.5 Å². The molecule has 0 spiro atoms. The standard InChI is InChI=1S/C33H34Cl2N2O4S/c1-33(2,3)22-9-10-24-29(16-22)42-32(30(24)31(38)36-18-23-6-5-13-40-23)37-17-20-8-12-27(28(15-20)39-4)41-19-21-7-11-25(34)26(35)14-21/h5-8,11-15,17,22H,9-10,16,18-19H2,1-4H3,(H,36,38)/t22-/m0/s1. The zero-order valence-corrected chi connectivity index (χ0v) is 26.5. The molecule has 0 aliphatic heterocycles. The van der Waals surface area contributed by atoms with Gasteiger partial charge in [0.25, 0.3) is 5.91 Å². The number of carbonyl (C=O) groups is 1. The number of aliphatic imine (C=N–C) groups is 1. The molecule has 42 heavy (non-hydrogen) atoms. The van der Waals surface area contributed by atoms with E-state index < -0.39 is 0 Å². The molecule has 0 saturated heterocycles. The van der Waals surface area contributed by atoms with Gasteiger partial charge < -0.3 is 19.2 Å². The lowest BCUT2D eigenvalue weighted by atomic mass is 9.72. The molecule has 2 aromatic heterocycles. The number of nitrogens with one attached hydrogen (secondary N) is 1. The van der Waals surface area contributed by atoms with E-state index in [0.29, 0.717) is 56.9 Å². The van der Waals surface area contributed by atoms with Crippen LogP contribution >= 0.6 is 34.5 Å². The van der Waals surface area contributed by atoms with Crippen molar-refractivity contribution in [2.24, 2.45) is 16.3 Å². The van der Waals surface area contributed by atoms with Crippen LogP contribution < -0.4 is 14.8 Å². The number of nitrogens with zero attached hydrogens (tertiary/aromatic N) is 1. The van der Waals surface area contributed by atoms with Crippen molar-refractivity contribution in [1.82, 2.24) is 5.32 Å². The van der Waals surface area contributed by atoms with E-state index in [0.717, 1.165) is 36.0 Å². The van der Waals surface area contributed by atoms with Crippen LogP contribution in [0.3, 0.4) is 0 Å². The summed E-state index contributed by atoms with van der Waals surface area (Å²) < 4.78 is 17.0. The summed E-state index contributed by atoms with van der Waals surface area (Å²) in [5.74, 6) is 2.31. The summed E-state index contributed by atoms with van der Waals surface area (Å²) in [6, 6.07) is 14.7. The number of furan rings is 1. The minimum atomic E-state index is -0.131. The summed E-state index contributed by atoms with van der Waals surface area (Å²) in [7, 11) is 1.60. The number of thiophene rings is 1. The van der Waals surface area contributed by atoms with Crippen LogP contribution in [0.2, 0.25) is 10.0 Å². The number of methoxy groups -OCH3 is 1. The molecule has 1 aliphatic carbocycles. The van der Waals surface area contributed by atoms with Gasteiger partial charge in [-0.05, 0) is 89.8 Å². The van der Waals surface area contributed by atoms with Crippen LogP contribution in [0.1, 0.15) is 64.9 Å². The third kappa shape index (κ3) is 7.02. The Kier molecular flexibility index (Phi) is 9.31. The van der Waals surface area contributed by atoms with Crippen molar-refractivity contribution in [3.05, 3.63) is 97.7 Å². The van der Waals surface area contributed by atoms with Gasteiger partial charge in [-0.1, -0.05) is 50.0 Å². The van der Waals surface area contributed by atoms with Gasteiger partial charge in [-0.25, -0.2) is 4.99 Å². The summed E-state index contributed by atoms with van der Waals surface area (Å²) in [5.41, 5.74) is 3.71. The minimum absolute atomic E-state index is 0.131. The molecular weight excluding hydrogens is 591 g/mol. The van der Waals surface area contributed by atoms with E-state index in [1.165, 1.54) is 4.88 Å². The van der Waals surface area contributed by atoms with Crippen molar-refractivity contribution < 1.29 is 18.7 Å². The fourth-order valence-electron chi connectivity index (χ4n) is 5.11. The quantitative estimate of drug-likeness (QED) is 0.188. The second-order valence-corrected chi connectivity index (χ2v) is 13.4. The summed E-state index contributed by atoms with van der Waals surface area (Å²) >= 11 is 13.8. The predicted octanol–water partition coefficient (Wildman–Crippen LogP) is 9.07. The van der Waals surface area contributed by atoms with Gasteiger partial charge in [0, 0.05) is 11.1 Å². The molecule has 2 heterocycles. The highest BCUT2D eigenvalue weighted by atomic mass is 35.5. The van der Waals surface area contributed by atoms with Crippen LogP contribution in [0.4, 0.5) is 5.00 Å². The minimum Gasteiger partial charge on any atom is -0.493 e. The van der Waals surface area contributed by atoms with Gasteiger partial charge in [-0.2, -0.15) is 0 Å². The van der Waals surface area contributed by atoms with Gasteiger partial charge in [-0.15, -0.1) is 11.3 Å². The number of benzene rings is 2. The number of ether oxygens (including phenoxy) is 2. The highest BCUT2D eigenvalue weighted by Gasteiger charge is 2.33. The maximum atomic E-state index is 13.5. The molecule has 220 valence electrons. The highest BCUT2D eigenvalue weighted by Crippen LogP contribution is 2.45. The molecule has 1 N–H and O–H groups in total. The lowest BCUT2D eigenvalue weighted by Crippen LogP contribution is -2.28. The molecule has 0 saturated carbocycles. The van der Waals surface area contributed by atoms with E-state index in [-0.39, 0.29) is 11.3 Å². The molecule has 0 radical (unpaired) electrons. The Bertz CT molecular complexity index is 1590. The van der Waals surface area contributed by atoms with Crippen molar-refractivity contribution in [1.29, 1.82) is 0 Å². The summed E-state index contributed by atoms with van der Waals surface area (Å²) in [6.07, 6.45) is 6.25. The Morgan fingerprint density at radius 1 is 1.14 bits per heavy atom. The third-order valence-corrected chi connectivity index (χ3v) is 9.50. The summed E-state index contributed by atoms with van der Waals surface area (Å²) in [6.45, 7) is 7.51. The fourth-order valence-corrected chi connectivity index (χ4v) is 6.70. The maximum Gasteiger partial charge on any atom is 0.255 e. The fraction of sp³-hybridized carbons (Fsp3) is 0.333. The van der Waals surface area contributed by atoms with Crippen molar-refractivity contribution >= 4 is 51.7 Å². The molecule has 9 heteroatoms. The van der Waals surface area contributed by atoms with Crippen molar-refractivity contribution in [2.45, 2.75) is 53.2 Å². The zero-order chi connectivity index (χ0) is 29.9. The molecule has 6 nitrogen and oxygen atoms in total. The zero-order valence-electron chi connectivity index (χ0n) is 24.1. The molecule has 0 bridgehead atoms. The number of carbonyl (C=O) groups excluding carboxylic acids is 1. The Morgan fingerprint density at radius 2 is 1.98 bits per heavy atom. The number of hydrogen-bond acceptors (Lipinski definition) is 6. The predicted molar refractivity (Wildman–Crippen MR) is 170 cm³/mol. The molecule has 1 aliphatic rings. The molecule has 4 aromatic rings. The molecule has 1 atom stereocenters. The van der Waals surface area contributed by atoms with E-state index in [1.807, 2.05) is 36.4 Å². The number of halogens is 2. The average molecular weight is 626 g/mol. The van der Waals surface area contributed by atoms with Gasteiger partial charge in [-0.3, -0.25) is 4.79 Å². The van der Waals surface area contributed by atoms with Crippen LogP contribution in [0.15, 0.2) is 64.2 Å². The van der Waals surface area contributed by atoms with Gasteiger partial charge >= 0.3 is 0 Å².